The van der Waals surface area contributed by atoms with Crippen LogP contribution < -0.4 is 69.7 Å². The molecule has 2 aromatic rings. The van der Waals surface area contributed by atoms with E-state index in [9.17, 15) is 30.5 Å². The molecule has 0 bridgehead atoms. The number of benzene rings is 2. The SMILES string of the molecule is O=P(c1cccc(S(=O)(=O)[O-])c1)(c1cccc(S(=O)(=O)[O-])c1)C1CCCCC1.[Na+].[Na+]. The van der Waals surface area contributed by atoms with Crippen LogP contribution in [0.5, 0.6) is 0 Å². The summed E-state index contributed by atoms with van der Waals surface area (Å²) in [5, 5.41) is 0.355. The predicted octanol–water partition coefficient (Wildman–Crippen LogP) is -3.85. The van der Waals surface area contributed by atoms with Gasteiger partial charge >= 0.3 is 59.1 Å². The van der Waals surface area contributed by atoms with Gasteiger partial charge in [-0.05, 0) is 37.1 Å². The van der Waals surface area contributed by atoms with Crippen LogP contribution in [0.4, 0.5) is 0 Å². The standard InChI is InChI=1S/C18H21O7PS2.2Na/c19-26(14-6-2-1-3-7-14,15-8-4-10-17(12-15)27(20,21)22)16-9-5-11-18(13-16)28(23,24)25;;/h4-5,8-14H,1-3,6-7H2,(H,20,21,22)(H,23,24,25);;/q;2*+1/p-2. The second-order valence-electron chi connectivity index (χ2n) is 6.85. The van der Waals surface area contributed by atoms with Crippen LogP contribution in [0.2, 0.25) is 0 Å². The molecule has 2 aromatic carbocycles. The molecule has 0 amide bonds. The van der Waals surface area contributed by atoms with Crippen LogP contribution in [0.25, 0.3) is 0 Å². The normalized spacial score (nSPS) is 15.7. The van der Waals surface area contributed by atoms with Crippen LogP contribution in [-0.4, -0.2) is 31.6 Å². The van der Waals surface area contributed by atoms with Crippen molar-refractivity contribution >= 4 is 38.0 Å². The van der Waals surface area contributed by atoms with Gasteiger partial charge in [-0.15, -0.1) is 0 Å². The van der Waals surface area contributed by atoms with Crippen LogP contribution in [0, 0.1) is 0 Å². The largest absolute Gasteiger partial charge is 1.00 e. The van der Waals surface area contributed by atoms with E-state index in [1.807, 2.05) is 0 Å². The van der Waals surface area contributed by atoms with E-state index in [0.717, 1.165) is 43.5 Å². The summed E-state index contributed by atoms with van der Waals surface area (Å²) in [6.45, 7) is 0. The third-order valence-electron chi connectivity index (χ3n) is 5.07. The van der Waals surface area contributed by atoms with Gasteiger partial charge in [-0.2, -0.15) is 0 Å². The quantitative estimate of drug-likeness (QED) is 0.239. The van der Waals surface area contributed by atoms with Crippen LogP contribution in [-0.2, 0) is 24.8 Å². The van der Waals surface area contributed by atoms with Crippen molar-refractivity contribution in [2.24, 2.45) is 0 Å². The van der Waals surface area contributed by atoms with Gasteiger partial charge in [0.15, 0.2) is 0 Å². The molecule has 0 saturated heterocycles. The first-order valence-electron chi connectivity index (χ1n) is 8.76. The summed E-state index contributed by atoms with van der Waals surface area (Å²) in [5.74, 6) is 0. The Morgan fingerprint density at radius 2 is 1.13 bits per heavy atom. The smallest absolute Gasteiger partial charge is 0.744 e. The monoisotopic (exact) mass is 488 g/mol. The van der Waals surface area contributed by atoms with Gasteiger partial charge in [-0.25, -0.2) is 16.8 Å². The van der Waals surface area contributed by atoms with Crippen LogP contribution in [0.15, 0.2) is 58.3 Å². The summed E-state index contributed by atoms with van der Waals surface area (Å²) in [7, 11) is -13.0. The molecule has 0 N–H and O–H groups in total. The molecule has 0 unspecified atom stereocenters. The molecule has 7 nitrogen and oxygen atoms in total. The molecule has 3 rings (SSSR count). The molecule has 152 valence electrons. The summed E-state index contributed by atoms with van der Waals surface area (Å²) < 4.78 is 83.0. The molecule has 0 aromatic heterocycles. The summed E-state index contributed by atoms with van der Waals surface area (Å²) in [5.41, 5.74) is -0.324. The molecule has 0 heterocycles. The number of hydrogen-bond donors (Lipinski definition) is 0. The Bertz CT molecular complexity index is 1070. The molecule has 0 spiro atoms. The van der Waals surface area contributed by atoms with Crippen molar-refractivity contribution in [1.29, 1.82) is 0 Å². The van der Waals surface area contributed by atoms with Gasteiger partial charge in [-0.3, -0.25) is 0 Å². The minimum Gasteiger partial charge on any atom is -0.744 e. The first-order valence-corrected chi connectivity index (χ1v) is 13.3. The summed E-state index contributed by atoms with van der Waals surface area (Å²) in [4.78, 5) is -0.984. The van der Waals surface area contributed by atoms with Gasteiger partial charge in [0, 0.05) is 16.3 Å². The fourth-order valence-electron chi connectivity index (χ4n) is 3.71. The summed E-state index contributed by atoms with van der Waals surface area (Å²) in [6, 6.07) is 10.2. The van der Waals surface area contributed by atoms with E-state index in [2.05, 4.69) is 0 Å². The fraction of sp³-hybridized carbons (Fsp3) is 0.333. The first kappa shape index (κ1) is 28.5. The third-order valence-corrected chi connectivity index (χ3v) is 10.4. The number of rotatable bonds is 5. The Balaban J connectivity index is 0.00000225. The molecule has 1 aliphatic carbocycles. The van der Waals surface area contributed by atoms with E-state index >= 15 is 0 Å². The molecule has 1 saturated carbocycles. The predicted molar refractivity (Wildman–Crippen MR) is 103 cm³/mol. The maximum atomic E-state index is 14.3. The third kappa shape index (κ3) is 6.29. The minimum atomic E-state index is -4.75. The van der Waals surface area contributed by atoms with Crippen LogP contribution in [0.3, 0.4) is 0 Å². The Hall–Kier alpha value is 0.490. The van der Waals surface area contributed by atoms with Crippen LogP contribution >= 0.6 is 7.14 Å². The van der Waals surface area contributed by atoms with Crippen molar-refractivity contribution in [3.8, 4) is 0 Å². The topological polar surface area (TPSA) is 131 Å². The van der Waals surface area contributed by atoms with Crippen molar-refractivity contribution in [3.63, 3.8) is 0 Å². The maximum Gasteiger partial charge on any atom is 1.00 e. The second kappa shape index (κ2) is 11.1. The maximum absolute atomic E-state index is 14.3. The van der Waals surface area contributed by atoms with Crippen LogP contribution in [0.1, 0.15) is 32.1 Å². The van der Waals surface area contributed by atoms with Gasteiger partial charge in [0.2, 0.25) is 0 Å². The Morgan fingerprint density at radius 1 is 0.733 bits per heavy atom. The van der Waals surface area contributed by atoms with E-state index < -0.39 is 37.2 Å². The zero-order chi connectivity index (χ0) is 20.6. The number of hydrogen-bond acceptors (Lipinski definition) is 7. The van der Waals surface area contributed by atoms with E-state index in [1.165, 1.54) is 24.3 Å². The van der Waals surface area contributed by atoms with Crippen molar-refractivity contribution in [1.82, 2.24) is 0 Å². The van der Waals surface area contributed by atoms with Crippen molar-refractivity contribution in [2.45, 2.75) is 47.6 Å². The molecular weight excluding hydrogens is 469 g/mol. The molecule has 30 heavy (non-hydrogen) atoms. The van der Waals surface area contributed by atoms with E-state index in [-0.39, 0.29) is 75.4 Å². The Labute approximate surface area is 221 Å². The molecule has 0 radical (unpaired) electrons. The summed E-state index contributed by atoms with van der Waals surface area (Å²) >= 11 is 0. The van der Waals surface area contributed by atoms with Gasteiger partial charge in [0.25, 0.3) is 0 Å². The van der Waals surface area contributed by atoms with Gasteiger partial charge in [0.1, 0.15) is 27.4 Å². The van der Waals surface area contributed by atoms with Gasteiger partial charge < -0.3 is 13.7 Å². The molecular formula is C18H19Na2O7PS2. The van der Waals surface area contributed by atoms with Gasteiger partial charge in [0.05, 0.1) is 9.79 Å². The fourth-order valence-corrected chi connectivity index (χ4v) is 8.42. The molecule has 1 fully saturated rings. The minimum absolute atomic E-state index is 0. The zero-order valence-electron chi connectivity index (χ0n) is 16.9. The van der Waals surface area contributed by atoms with E-state index in [1.54, 1.807) is 0 Å². The first-order chi connectivity index (χ1) is 13.0. The van der Waals surface area contributed by atoms with Gasteiger partial charge in [-0.1, -0.05) is 43.5 Å². The molecule has 0 aliphatic heterocycles. The average Bonchev–Trinajstić information content (AvgIpc) is 2.67. The Kier molecular flexibility index (Phi) is 10.5. The van der Waals surface area contributed by atoms with Crippen molar-refractivity contribution in [2.75, 3.05) is 0 Å². The Morgan fingerprint density at radius 3 is 1.50 bits per heavy atom. The zero-order valence-corrected chi connectivity index (χ0v) is 23.4. The van der Waals surface area contributed by atoms with Crippen molar-refractivity contribution in [3.05, 3.63) is 48.5 Å². The molecule has 1 aliphatic rings. The molecule has 12 heteroatoms. The molecule has 0 atom stereocenters. The second-order valence-corrected chi connectivity index (χ2v) is 12.7. The van der Waals surface area contributed by atoms with E-state index in [4.69, 9.17) is 0 Å². The summed E-state index contributed by atoms with van der Waals surface area (Å²) in [6.07, 6.45) is 3.92. The van der Waals surface area contributed by atoms with Crippen molar-refractivity contribution < 1.29 is 89.6 Å². The van der Waals surface area contributed by atoms with E-state index in [0.29, 0.717) is 12.8 Å². The average molecular weight is 488 g/mol.